The van der Waals surface area contributed by atoms with Crippen LogP contribution in [0.3, 0.4) is 0 Å². The van der Waals surface area contributed by atoms with E-state index in [1.165, 1.54) is 12.1 Å². The number of halogens is 1. The molecule has 27 heavy (non-hydrogen) atoms. The van der Waals surface area contributed by atoms with Crippen molar-refractivity contribution in [3.8, 4) is 0 Å². The summed E-state index contributed by atoms with van der Waals surface area (Å²) in [5, 5.41) is 0. The molecule has 1 heterocycles. The number of anilines is 1. The molecule has 0 bridgehead atoms. The summed E-state index contributed by atoms with van der Waals surface area (Å²) in [5.41, 5.74) is 3.50. The largest absolute Gasteiger partial charge is 0.312 e. The minimum atomic E-state index is -3.50. The Morgan fingerprint density at radius 2 is 1.85 bits per heavy atom. The van der Waals surface area contributed by atoms with E-state index >= 15 is 0 Å². The highest BCUT2D eigenvalue weighted by atomic mass is 32.2. The highest BCUT2D eigenvalue weighted by Crippen LogP contribution is 2.30. The zero-order valence-electron chi connectivity index (χ0n) is 15.7. The lowest BCUT2D eigenvalue weighted by molar-refractivity contribution is -0.118. The molecular weight excluding hydrogens is 365 g/mol. The molecule has 144 valence electrons. The number of amides is 1. The van der Waals surface area contributed by atoms with Gasteiger partial charge in [0.2, 0.25) is 5.91 Å². The van der Waals surface area contributed by atoms with Gasteiger partial charge in [0, 0.05) is 24.2 Å². The average molecular weight is 389 g/mol. The van der Waals surface area contributed by atoms with Gasteiger partial charge in [-0.1, -0.05) is 31.2 Å². The molecule has 0 aliphatic carbocycles. The third kappa shape index (κ3) is 4.56. The van der Waals surface area contributed by atoms with Crippen LogP contribution in [0.25, 0.3) is 0 Å². The number of aryl methyl sites for hydroxylation is 2. The predicted molar refractivity (Wildman–Crippen MR) is 105 cm³/mol. The summed E-state index contributed by atoms with van der Waals surface area (Å²) in [6, 6.07) is 10.1. The van der Waals surface area contributed by atoms with Crippen molar-refractivity contribution in [1.29, 1.82) is 0 Å². The lowest BCUT2D eigenvalue weighted by Gasteiger charge is -2.29. The second-order valence-electron chi connectivity index (χ2n) is 7.14. The van der Waals surface area contributed by atoms with Gasteiger partial charge in [-0.25, -0.2) is 12.8 Å². The van der Waals surface area contributed by atoms with Crippen LogP contribution in [0.4, 0.5) is 10.1 Å². The highest BCUT2D eigenvalue weighted by Gasteiger charge is 2.24. The second-order valence-corrected chi connectivity index (χ2v) is 9.20. The molecule has 0 aromatic heterocycles. The van der Waals surface area contributed by atoms with Crippen LogP contribution >= 0.6 is 0 Å². The Labute approximate surface area is 159 Å². The third-order valence-electron chi connectivity index (χ3n) is 4.76. The van der Waals surface area contributed by atoms with Crippen LogP contribution in [-0.4, -0.2) is 20.9 Å². The Morgan fingerprint density at radius 1 is 1.07 bits per heavy atom. The standard InChI is InChI=1S/C21H24FNO3S/c1-3-10-23-20-8-5-16(12-17(20)7-9-21(23)24)13-27(25,26)14-18-6-4-15(2)11-19(18)22/h4-6,8,11-12H,3,7,9-10,13-14H2,1-2H3. The van der Waals surface area contributed by atoms with Crippen LogP contribution in [-0.2, 0) is 32.6 Å². The van der Waals surface area contributed by atoms with Gasteiger partial charge in [-0.3, -0.25) is 4.79 Å². The fourth-order valence-corrected chi connectivity index (χ4v) is 4.98. The first kappa shape index (κ1) is 19.5. The molecular formula is C21H24FNO3S. The third-order valence-corrected chi connectivity index (χ3v) is 6.29. The summed E-state index contributed by atoms with van der Waals surface area (Å²) in [5.74, 6) is -0.844. The van der Waals surface area contributed by atoms with E-state index in [-0.39, 0.29) is 23.0 Å². The molecule has 2 aromatic rings. The topological polar surface area (TPSA) is 54.5 Å². The van der Waals surface area contributed by atoms with Crippen LogP contribution in [0.15, 0.2) is 36.4 Å². The summed E-state index contributed by atoms with van der Waals surface area (Å²) < 4.78 is 39.1. The second kappa shape index (κ2) is 7.80. The maximum absolute atomic E-state index is 14.0. The number of carbonyl (C=O) groups excluding carboxylic acids is 1. The Morgan fingerprint density at radius 3 is 2.56 bits per heavy atom. The van der Waals surface area contributed by atoms with E-state index in [1.54, 1.807) is 24.0 Å². The SMILES string of the molecule is CCCN1C(=O)CCc2cc(CS(=O)(=O)Cc3ccc(C)cc3F)ccc21. The number of benzene rings is 2. The van der Waals surface area contributed by atoms with Crippen molar-refractivity contribution in [3.05, 3.63) is 64.5 Å². The molecule has 4 nitrogen and oxygen atoms in total. The van der Waals surface area contributed by atoms with E-state index in [4.69, 9.17) is 0 Å². The van der Waals surface area contributed by atoms with Crippen LogP contribution in [0.5, 0.6) is 0 Å². The average Bonchev–Trinajstić information content (AvgIpc) is 2.59. The van der Waals surface area contributed by atoms with Crippen LogP contribution < -0.4 is 4.90 Å². The first-order valence-electron chi connectivity index (χ1n) is 9.16. The van der Waals surface area contributed by atoms with Crippen molar-refractivity contribution in [2.45, 2.75) is 44.6 Å². The van der Waals surface area contributed by atoms with Gasteiger partial charge in [0.05, 0.1) is 11.5 Å². The van der Waals surface area contributed by atoms with E-state index in [0.29, 0.717) is 24.9 Å². The Hall–Kier alpha value is -2.21. The Kier molecular flexibility index (Phi) is 5.65. The van der Waals surface area contributed by atoms with E-state index in [2.05, 4.69) is 0 Å². The fourth-order valence-electron chi connectivity index (χ4n) is 3.48. The summed E-state index contributed by atoms with van der Waals surface area (Å²) in [4.78, 5) is 13.9. The molecule has 3 rings (SSSR count). The molecule has 0 radical (unpaired) electrons. The number of hydrogen-bond acceptors (Lipinski definition) is 3. The fraction of sp³-hybridized carbons (Fsp3) is 0.381. The maximum atomic E-state index is 14.0. The molecule has 0 atom stereocenters. The number of carbonyl (C=O) groups is 1. The summed E-state index contributed by atoms with van der Waals surface area (Å²) in [6.45, 7) is 4.45. The molecule has 0 fully saturated rings. The Balaban J connectivity index is 1.80. The molecule has 2 aromatic carbocycles. The molecule has 0 saturated carbocycles. The van der Waals surface area contributed by atoms with E-state index in [9.17, 15) is 17.6 Å². The van der Waals surface area contributed by atoms with Crippen molar-refractivity contribution in [2.75, 3.05) is 11.4 Å². The van der Waals surface area contributed by atoms with Gasteiger partial charge in [0.1, 0.15) is 5.82 Å². The lowest BCUT2D eigenvalue weighted by Crippen LogP contribution is -2.35. The molecule has 1 aliphatic rings. The van der Waals surface area contributed by atoms with Gasteiger partial charge < -0.3 is 4.90 Å². The molecule has 1 amide bonds. The van der Waals surface area contributed by atoms with Gasteiger partial charge in [-0.15, -0.1) is 0 Å². The zero-order valence-corrected chi connectivity index (χ0v) is 16.5. The van der Waals surface area contributed by atoms with E-state index in [0.717, 1.165) is 23.2 Å². The number of sulfone groups is 1. The Bertz CT molecular complexity index is 969. The molecule has 1 aliphatic heterocycles. The first-order chi connectivity index (χ1) is 12.8. The maximum Gasteiger partial charge on any atom is 0.227 e. The zero-order chi connectivity index (χ0) is 19.6. The molecule has 0 unspecified atom stereocenters. The lowest BCUT2D eigenvalue weighted by atomic mass is 9.99. The smallest absolute Gasteiger partial charge is 0.227 e. The van der Waals surface area contributed by atoms with Gasteiger partial charge in [-0.05, 0) is 48.6 Å². The predicted octanol–water partition coefficient (Wildman–Crippen LogP) is 3.94. The number of hydrogen-bond donors (Lipinski definition) is 0. The van der Waals surface area contributed by atoms with E-state index < -0.39 is 15.7 Å². The minimum absolute atomic E-state index is 0.111. The number of nitrogens with zero attached hydrogens (tertiary/aromatic N) is 1. The summed E-state index contributed by atoms with van der Waals surface area (Å²) in [7, 11) is -3.50. The van der Waals surface area contributed by atoms with Gasteiger partial charge in [0.15, 0.2) is 9.84 Å². The van der Waals surface area contributed by atoms with Crippen molar-refractivity contribution < 1.29 is 17.6 Å². The van der Waals surface area contributed by atoms with Crippen molar-refractivity contribution in [3.63, 3.8) is 0 Å². The van der Waals surface area contributed by atoms with Crippen molar-refractivity contribution in [2.24, 2.45) is 0 Å². The van der Waals surface area contributed by atoms with Gasteiger partial charge in [-0.2, -0.15) is 0 Å². The molecule has 0 spiro atoms. The highest BCUT2D eigenvalue weighted by molar-refractivity contribution is 7.89. The normalized spacial score (nSPS) is 14.3. The van der Waals surface area contributed by atoms with Crippen LogP contribution in [0.2, 0.25) is 0 Å². The van der Waals surface area contributed by atoms with Crippen LogP contribution in [0, 0.1) is 12.7 Å². The number of fused-ring (bicyclic) bond motifs is 1. The monoisotopic (exact) mass is 389 g/mol. The minimum Gasteiger partial charge on any atom is -0.312 e. The van der Waals surface area contributed by atoms with Crippen molar-refractivity contribution in [1.82, 2.24) is 0 Å². The molecule has 0 N–H and O–H groups in total. The molecule has 6 heteroatoms. The summed E-state index contributed by atoms with van der Waals surface area (Å²) >= 11 is 0. The number of rotatable bonds is 6. The first-order valence-corrected chi connectivity index (χ1v) is 11.0. The summed E-state index contributed by atoms with van der Waals surface area (Å²) in [6.07, 6.45) is 1.93. The van der Waals surface area contributed by atoms with Gasteiger partial charge >= 0.3 is 0 Å². The van der Waals surface area contributed by atoms with Crippen LogP contribution in [0.1, 0.15) is 42.0 Å². The van der Waals surface area contributed by atoms with Crippen molar-refractivity contribution >= 4 is 21.4 Å². The quantitative estimate of drug-likeness (QED) is 0.752. The molecule has 0 saturated heterocycles. The van der Waals surface area contributed by atoms with E-state index in [1.807, 2.05) is 19.1 Å². The van der Waals surface area contributed by atoms with Gasteiger partial charge in [0.25, 0.3) is 0 Å².